The summed E-state index contributed by atoms with van der Waals surface area (Å²) in [4.78, 5) is 26.8. The summed E-state index contributed by atoms with van der Waals surface area (Å²) >= 11 is 0.994. The van der Waals surface area contributed by atoms with Crippen molar-refractivity contribution in [2.45, 2.75) is 17.2 Å². The summed E-state index contributed by atoms with van der Waals surface area (Å²) in [6.45, 7) is 1.67. The minimum Gasteiger partial charge on any atom is -0.477 e. The molecule has 0 aliphatic carbocycles. The van der Waals surface area contributed by atoms with Crippen molar-refractivity contribution in [2.24, 2.45) is 0 Å². The van der Waals surface area contributed by atoms with Gasteiger partial charge in [-0.05, 0) is 24.8 Å². The van der Waals surface area contributed by atoms with Gasteiger partial charge in [-0.2, -0.15) is 0 Å². The van der Waals surface area contributed by atoms with E-state index >= 15 is 0 Å². The Labute approximate surface area is 112 Å². The highest BCUT2D eigenvalue weighted by Gasteiger charge is 2.11. The first-order valence-electron chi connectivity index (χ1n) is 5.11. The average molecular weight is 278 g/mol. The number of hydrogen-bond donors (Lipinski definition) is 3. The van der Waals surface area contributed by atoms with E-state index < -0.39 is 5.97 Å². The predicted octanol–water partition coefficient (Wildman–Crippen LogP) is 0.589. The fraction of sp³-hybridized carbons (Fsp3) is 0.100. The second-order valence-electron chi connectivity index (χ2n) is 3.58. The standard InChI is InChI=1S/C10H10N6O2S/c1-4-2-5(8(17)18)14-9(13-4)19-10-15-6(11)3-7(12)16-10/h2-3H,1H3,(H,17,18)(H4,11,12,15,16). The molecule has 19 heavy (non-hydrogen) atoms. The van der Waals surface area contributed by atoms with E-state index in [1.807, 2.05) is 0 Å². The number of aromatic nitrogens is 4. The summed E-state index contributed by atoms with van der Waals surface area (Å²) in [6, 6.07) is 2.80. The highest BCUT2D eigenvalue weighted by molar-refractivity contribution is 7.99. The van der Waals surface area contributed by atoms with E-state index in [4.69, 9.17) is 16.6 Å². The van der Waals surface area contributed by atoms with Gasteiger partial charge in [0.05, 0.1) is 0 Å². The van der Waals surface area contributed by atoms with E-state index in [2.05, 4.69) is 19.9 Å². The van der Waals surface area contributed by atoms with Crippen molar-refractivity contribution in [3.8, 4) is 0 Å². The van der Waals surface area contributed by atoms with Crippen LogP contribution in [0, 0.1) is 6.92 Å². The number of nitrogens with zero attached hydrogens (tertiary/aromatic N) is 4. The van der Waals surface area contributed by atoms with Gasteiger partial charge < -0.3 is 16.6 Å². The molecule has 0 unspecified atom stereocenters. The number of carboxylic acid groups (broad SMARTS) is 1. The second kappa shape index (κ2) is 5.06. The van der Waals surface area contributed by atoms with Crippen molar-refractivity contribution in [1.29, 1.82) is 0 Å². The smallest absolute Gasteiger partial charge is 0.354 e. The third kappa shape index (κ3) is 3.28. The highest BCUT2D eigenvalue weighted by atomic mass is 32.2. The number of carboxylic acids is 1. The molecule has 0 fully saturated rings. The molecule has 0 spiro atoms. The Balaban J connectivity index is 2.35. The van der Waals surface area contributed by atoms with Gasteiger partial charge in [0.25, 0.3) is 0 Å². The van der Waals surface area contributed by atoms with E-state index in [1.54, 1.807) is 6.92 Å². The Morgan fingerprint density at radius 1 is 1.11 bits per heavy atom. The van der Waals surface area contributed by atoms with Crippen LogP contribution in [0.3, 0.4) is 0 Å². The second-order valence-corrected chi connectivity index (χ2v) is 4.52. The lowest BCUT2D eigenvalue weighted by Crippen LogP contribution is -2.04. The van der Waals surface area contributed by atoms with Gasteiger partial charge in [-0.15, -0.1) is 0 Å². The third-order valence-electron chi connectivity index (χ3n) is 1.98. The number of anilines is 2. The topological polar surface area (TPSA) is 141 Å². The van der Waals surface area contributed by atoms with E-state index in [1.165, 1.54) is 12.1 Å². The lowest BCUT2D eigenvalue weighted by atomic mass is 10.3. The first-order valence-corrected chi connectivity index (χ1v) is 5.92. The summed E-state index contributed by atoms with van der Waals surface area (Å²) in [6.07, 6.45) is 0. The zero-order chi connectivity index (χ0) is 14.0. The van der Waals surface area contributed by atoms with E-state index in [0.29, 0.717) is 5.69 Å². The van der Waals surface area contributed by atoms with Crippen LogP contribution in [-0.4, -0.2) is 31.0 Å². The van der Waals surface area contributed by atoms with Gasteiger partial charge in [-0.25, -0.2) is 24.7 Å². The first-order chi connectivity index (χ1) is 8.94. The molecule has 0 saturated carbocycles. The SMILES string of the molecule is Cc1cc(C(=O)O)nc(Sc2nc(N)cc(N)n2)n1. The molecule has 2 heterocycles. The molecule has 8 nitrogen and oxygen atoms in total. The Morgan fingerprint density at radius 2 is 1.68 bits per heavy atom. The number of carbonyl (C=O) groups is 1. The largest absolute Gasteiger partial charge is 0.477 e. The molecule has 0 aliphatic heterocycles. The van der Waals surface area contributed by atoms with Gasteiger partial charge in [-0.3, -0.25) is 0 Å². The van der Waals surface area contributed by atoms with Gasteiger partial charge in [0, 0.05) is 11.8 Å². The highest BCUT2D eigenvalue weighted by Crippen LogP contribution is 2.23. The normalized spacial score (nSPS) is 10.4. The minimum atomic E-state index is -1.12. The summed E-state index contributed by atoms with van der Waals surface area (Å²) in [7, 11) is 0. The summed E-state index contributed by atoms with van der Waals surface area (Å²) in [5.74, 6) is -0.678. The monoisotopic (exact) mass is 278 g/mol. The number of hydrogen-bond acceptors (Lipinski definition) is 8. The molecular weight excluding hydrogens is 268 g/mol. The molecule has 2 rings (SSSR count). The van der Waals surface area contributed by atoms with Crippen LogP contribution in [0.2, 0.25) is 0 Å². The van der Waals surface area contributed by atoms with Crippen molar-refractivity contribution < 1.29 is 9.90 Å². The molecule has 0 atom stereocenters. The van der Waals surface area contributed by atoms with Crippen molar-refractivity contribution in [3.05, 3.63) is 23.5 Å². The van der Waals surface area contributed by atoms with Crippen LogP contribution in [0.15, 0.2) is 22.4 Å². The first kappa shape index (κ1) is 13.0. The lowest BCUT2D eigenvalue weighted by Gasteiger charge is -2.03. The van der Waals surface area contributed by atoms with Crippen molar-refractivity contribution >= 4 is 29.4 Å². The van der Waals surface area contributed by atoms with Crippen LogP contribution in [-0.2, 0) is 0 Å². The van der Waals surface area contributed by atoms with Crippen molar-refractivity contribution in [3.63, 3.8) is 0 Å². The van der Waals surface area contributed by atoms with Crippen LogP contribution in [0.1, 0.15) is 16.2 Å². The van der Waals surface area contributed by atoms with Gasteiger partial charge >= 0.3 is 5.97 Å². The fourth-order valence-corrected chi connectivity index (χ4v) is 2.08. The van der Waals surface area contributed by atoms with Crippen LogP contribution in [0.4, 0.5) is 11.6 Å². The average Bonchev–Trinajstić information content (AvgIpc) is 2.26. The zero-order valence-electron chi connectivity index (χ0n) is 9.86. The Bertz CT molecular complexity index is 628. The molecule has 0 bridgehead atoms. The molecule has 2 aromatic heterocycles. The summed E-state index contributed by atoms with van der Waals surface area (Å²) in [5, 5.41) is 9.41. The molecule has 5 N–H and O–H groups in total. The molecule has 0 aromatic carbocycles. The molecule has 9 heteroatoms. The van der Waals surface area contributed by atoms with E-state index in [9.17, 15) is 4.79 Å². The van der Waals surface area contributed by atoms with Crippen LogP contribution < -0.4 is 11.5 Å². The third-order valence-corrected chi connectivity index (χ3v) is 2.71. The van der Waals surface area contributed by atoms with E-state index in [-0.39, 0.29) is 27.6 Å². The number of aromatic carboxylic acids is 1. The lowest BCUT2D eigenvalue weighted by molar-refractivity contribution is 0.0689. The number of nitrogens with two attached hydrogens (primary N) is 2. The molecule has 98 valence electrons. The van der Waals surface area contributed by atoms with E-state index in [0.717, 1.165) is 11.8 Å². The molecule has 0 radical (unpaired) electrons. The molecular formula is C10H10N6O2S. The number of aryl methyl sites for hydroxylation is 1. The molecule has 2 aromatic rings. The Kier molecular flexibility index (Phi) is 3.47. The van der Waals surface area contributed by atoms with Crippen LogP contribution in [0.25, 0.3) is 0 Å². The summed E-state index contributed by atoms with van der Waals surface area (Å²) < 4.78 is 0. The Hall–Kier alpha value is -2.42. The maximum absolute atomic E-state index is 10.9. The molecule has 0 saturated heterocycles. The molecule has 0 aliphatic rings. The predicted molar refractivity (Wildman–Crippen MR) is 68.7 cm³/mol. The van der Waals surface area contributed by atoms with Gasteiger partial charge in [0.1, 0.15) is 11.6 Å². The number of nitrogen functional groups attached to an aromatic ring is 2. The van der Waals surface area contributed by atoms with Crippen LogP contribution >= 0.6 is 11.8 Å². The van der Waals surface area contributed by atoms with Gasteiger partial charge in [-0.1, -0.05) is 0 Å². The van der Waals surface area contributed by atoms with Gasteiger partial charge in [0.2, 0.25) is 0 Å². The Morgan fingerprint density at radius 3 is 2.26 bits per heavy atom. The maximum Gasteiger partial charge on any atom is 0.354 e. The van der Waals surface area contributed by atoms with Gasteiger partial charge in [0.15, 0.2) is 16.0 Å². The quantitative estimate of drug-likeness (QED) is 0.687. The number of rotatable bonds is 3. The zero-order valence-corrected chi connectivity index (χ0v) is 10.7. The maximum atomic E-state index is 10.9. The summed E-state index contributed by atoms with van der Waals surface area (Å²) in [5.41, 5.74) is 11.5. The molecule has 0 amide bonds. The van der Waals surface area contributed by atoms with Crippen molar-refractivity contribution in [1.82, 2.24) is 19.9 Å². The minimum absolute atomic E-state index is 0.0909. The van der Waals surface area contributed by atoms with Crippen LogP contribution in [0.5, 0.6) is 0 Å². The van der Waals surface area contributed by atoms with Crippen molar-refractivity contribution in [2.75, 3.05) is 11.5 Å². The fourth-order valence-electron chi connectivity index (χ4n) is 1.29.